The van der Waals surface area contributed by atoms with Gasteiger partial charge in [-0.1, -0.05) is 12.8 Å². The second-order valence-electron chi connectivity index (χ2n) is 3.92. The van der Waals surface area contributed by atoms with E-state index in [0.717, 1.165) is 25.9 Å². The van der Waals surface area contributed by atoms with E-state index in [1.54, 1.807) is 0 Å². The first-order valence-corrected chi connectivity index (χ1v) is 5.56. The van der Waals surface area contributed by atoms with E-state index in [1.807, 2.05) is 13.8 Å². The molecule has 0 spiro atoms. The predicted octanol–water partition coefficient (Wildman–Crippen LogP) is 0.417. The summed E-state index contributed by atoms with van der Waals surface area (Å²) in [7, 11) is 0. The third-order valence-electron chi connectivity index (χ3n) is 2.42. The maximum atomic E-state index is 5.80. The van der Waals surface area contributed by atoms with E-state index >= 15 is 0 Å². The molecule has 86 valence electrons. The fourth-order valence-corrected chi connectivity index (χ4v) is 1.57. The highest BCUT2D eigenvalue weighted by molar-refractivity contribution is 4.65. The number of rotatable bonds is 8. The van der Waals surface area contributed by atoms with Crippen LogP contribution in [0.2, 0.25) is 0 Å². The van der Waals surface area contributed by atoms with E-state index in [9.17, 15) is 0 Å². The quantitative estimate of drug-likeness (QED) is 0.393. The van der Waals surface area contributed by atoms with Crippen molar-refractivity contribution in [2.45, 2.75) is 51.9 Å². The molecule has 0 aromatic rings. The molecule has 0 aromatic heterocycles. The van der Waals surface area contributed by atoms with Crippen LogP contribution in [0.25, 0.3) is 0 Å². The number of hydrogen-bond acceptors (Lipinski definition) is 4. The molecule has 0 amide bonds. The predicted molar refractivity (Wildman–Crippen MR) is 61.5 cm³/mol. The minimum absolute atomic E-state index is 0.0458. The van der Waals surface area contributed by atoms with Gasteiger partial charge in [-0.25, -0.2) is 0 Å². The molecule has 0 saturated heterocycles. The second kappa shape index (κ2) is 8.17. The summed E-state index contributed by atoms with van der Waals surface area (Å²) in [5, 5.41) is 0. The first-order valence-electron chi connectivity index (χ1n) is 5.56. The van der Waals surface area contributed by atoms with Crippen LogP contribution in [0.3, 0.4) is 0 Å². The summed E-state index contributed by atoms with van der Waals surface area (Å²) >= 11 is 0. The standard InChI is InChI=1S/C10H26N4/c1-9(12)14(10(2)13)8-6-4-3-5-7-11/h9-10H,3-8,11-13H2,1-2H3. The zero-order valence-electron chi connectivity index (χ0n) is 9.58. The van der Waals surface area contributed by atoms with Crippen LogP contribution in [0.1, 0.15) is 39.5 Å². The molecule has 0 radical (unpaired) electrons. The smallest absolute Gasteiger partial charge is 0.0556 e. The number of nitrogens with two attached hydrogens (primary N) is 3. The summed E-state index contributed by atoms with van der Waals surface area (Å²) in [6.07, 6.45) is 4.79. The van der Waals surface area contributed by atoms with Gasteiger partial charge < -0.3 is 17.2 Å². The van der Waals surface area contributed by atoms with E-state index in [4.69, 9.17) is 17.2 Å². The van der Waals surface area contributed by atoms with Gasteiger partial charge in [-0.3, -0.25) is 4.90 Å². The molecule has 2 unspecified atom stereocenters. The van der Waals surface area contributed by atoms with Gasteiger partial charge in [-0.05, 0) is 33.2 Å². The Bertz CT molecular complexity index is 117. The lowest BCUT2D eigenvalue weighted by molar-refractivity contribution is 0.156. The molecule has 0 aliphatic rings. The lowest BCUT2D eigenvalue weighted by atomic mass is 10.2. The largest absolute Gasteiger partial charge is 0.330 e. The van der Waals surface area contributed by atoms with Crippen LogP contribution in [0.5, 0.6) is 0 Å². The molecular weight excluding hydrogens is 176 g/mol. The first-order chi connectivity index (χ1) is 6.59. The Morgan fingerprint density at radius 2 is 1.43 bits per heavy atom. The van der Waals surface area contributed by atoms with Gasteiger partial charge in [0.1, 0.15) is 0 Å². The van der Waals surface area contributed by atoms with Gasteiger partial charge in [-0.2, -0.15) is 0 Å². The zero-order chi connectivity index (χ0) is 11.0. The molecule has 6 N–H and O–H groups in total. The van der Waals surface area contributed by atoms with Crippen molar-refractivity contribution in [2.75, 3.05) is 13.1 Å². The molecule has 0 aliphatic heterocycles. The average molecular weight is 202 g/mol. The van der Waals surface area contributed by atoms with E-state index in [-0.39, 0.29) is 12.3 Å². The van der Waals surface area contributed by atoms with Crippen LogP contribution in [0.4, 0.5) is 0 Å². The molecule has 0 heterocycles. The number of unbranched alkanes of at least 4 members (excludes halogenated alkanes) is 3. The maximum Gasteiger partial charge on any atom is 0.0556 e. The zero-order valence-corrected chi connectivity index (χ0v) is 9.58. The molecule has 0 fully saturated rings. The van der Waals surface area contributed by atoms with Crippen molar-refractivity contribution in [3.63, 3.8) is 0 Å². The van der Waals surface area contributed by atoms with E-state index < -0.39 is 0 Å². The van der Waals surface area contributed by atoms with E-state index in [0.29, 0.717) is 0 Å². The van der Waals surface area contributed by atoms with Crippen LogP contribution in [-0.4, -0.2) is 30.3 Å². The van der Waals surface area contributed by atoms with Crippen LogP contribution in [0.15, 0.2) is 0 Å². The summed E-state index contributed by atoms with van der Waals surface area (Å²) in [5.41, 5.74) is 17.0. The minimum Gasteiger partial charge on any atom is -0.330 e. The Balaban J connectivity index is 3.52. The SMILES string of the molecule is CC(N)N(CCCCCCN)C(C)N. The monoisotopic (exact) mass is 202 g/mol. The topological polar surface area (TPSA) is 81.3 Å². The first kappa shape index (κ1) is 13.8. The molecule has 0 rings (SSSR count). The van der Waals surface area contributed by atoms with Crippen molar-refractivity contribution in [2.24, 2.45) is 17.2 Å². The van der Waals surface area contributed by atoms with Gasteiger partial charge in [0.05, 0.1) is 12.3 Å². The normalized spacial score (nSPS) is 15.9. The molecule has 2 atom stereocenters. The molecule has 0 aliphatic carbocycles. The van der Waals surface area contributed by atoms with Crippen LogP contribution in [0, 0.1) is 0 Å². The summed E-state index contributed by atoms with van der Waals surface area (Å²) < 4.78 is 0. The molecular formula is C10H26N4. The van der Waals surface area contributed by atoms with Crippen LogP contribution in [-0.2, 0) is 0 Å². The molecule has 0 bridgehead atoms. The lowest BCUT2D eigenvalue weighted by Gasteiger charge is -2.29. The molecule has 0 aromatic carbocycles. The Kier molecular flexibility index (Phi) is 8.08. The van der Waals surface area contributed by atoms with Gasteiger partial charge in [0.2, 0.25) is 0 Å². The highest BCUT2D eigenvalue weighted by atomic mass is 15.3. The molecule has 0 saturated carbocycles. The van der Waals surface area contributed by atoms with Gasteiger partial charge in [-0.15, -0.1) is 0 Å². The Morgan fingerprint density at radius 3 is 1.86 bits per heavy atom. The summed E-state index contributed by atoms with van der Waals surface area (Å²) in [5.74, 6) is 0. The molecule has 14 heavy (non-hydrogen) atoms. The van der Waals surface area contributed by atoms with Crippen LogP contribution < -0.4 is 17.2 Å². The average Bonchev–Trinajstić information content (AvgIpc) is 2.09. The van der Waals surface area contributed by atoms with Crippen molar-refractivity contribution in [1.82, 2.24) is 4.90 Å². The number of nitrogens with zero attached hydrogens (tertiary/aromatic N) is 1. The van der Waals surface area contributed by atoms with Gasteiger partial charge in [0, 0.05) is 6.54 Å². The summed E-state index contributed by atoms with van der Waals surface area (Å²) in [6, 6.07) is 0. The van der Waals surface area contributed by atoms with Crippen molar-refractivity contribution < 1.29 is 0 Å². The Hall–Kier alpha value is -0.160. The Labute approximate surface area is 87.8 Å². The van der Waals surface area contributed by atoms with Crippen LogP contribution >= 0.6 is 0 Å². The van der Waals surface area contributed by atoms with Crippen molar-refractivity contribution >= 4 is 0 Å². The van der Waals surface area contributed by atoms with E-state index in [1.165, 1.54) is 12.8 Å². The summed E-state index contributed by atoms with van der Waals surface area (Å²) in [6.45, 7) is 5.73. The Morgan fingerprint density at radius 1 is 0.929 bits per heavy atom. The molecule has 4 nitrogen and oxygen atoms in total. The van der Waals surface area contributed by atoms with Crippen molar-refractivity contribution in [3.05, 3.63) is 0 Å². The van der Waals surface area contributed by atoms with Gasteiger partial charge in [0.15, 0.2) is 0 Å². The maximum absolute atomic E-state index is 5.80. The lowest BCUT2D eigenvalue weighted by Crippen LogP contribution is -2.49. The fourth-order valence-electron chi connectivity index (χ4n) is 1.57. The summed E-state index contributed by atoms with van der Waals surface area (Å²) in [4.78, 5) is 2.11. The van der Waals surface area contributed by atoms with Gasteiger partial charge in [0.25, 0.3) is 0 Å². The van der Waals surface area contributed by atoms with Gasteiger partial charge >= 0.3 is 0 Å². The minimum atomic E-state index is 0.0458. The highest BCUT2D eigenvalue weighted by Crippen LogP contribution is 2.04. The second-order valence-corrected chi connectivity index (χ2v) is 3.92. The highest BCUT2D eigenvalue weighted by Gasteiger charge is 2.12. The molecule has 4 heteroatoms. The third kappa shape index (κ3) is 6.32. The fraction of sp³-hybridized carbons (Fsp3) is 1.00. The van der Waals surface area contributed by atoms with E-state index in [2.05, 4.69) is 4.90 Å². The number of hydrogen-bond donors (Lipinski definition) is 3. The third-order valence-corrected chi connectivity index (χ3v) is 2.42. The van der Waals surface area contributed by atoms with Crippen molar-refractivity contribution in [3.8, 4) is 0 Å². The van der Waals surface area contributed by atoms with Crippen molar-refractivity contribution in [1.29, 1.82) is 0 Å².